The molecular weight excluding hydrogens is 392 g/mol. The fourth-order valence-corrected chi connectivity index (χ4v) is 5.42. The van der Waals surface area contributed by atoms with E-state index in [1.807, 2.05) is 26.0 Å². The fourth-order valence-electron chi connectivity index (χ4n) is 3.57. The van der Waals surface area contributed by atoms with Gasteiger partial charge in [-0.1, -0.05) is 32.9 Å². The number of sulfonamides is 1. The molecule has 1 aromatic carbocycles. The minimum Gasteiger partial charge on any atom is -0.325 e. The monoisotopic (exact) mass is 425 g/mol. The van der Waals surface area contributed by atoms with Gasteiger partial charge in [-0.2, -0.15) is 4.31 Å². The van der Waals surface area contributed by atoms with Gasteiger partial charge in [0, 0.05) is 6.92 Å². The molecule has 0 unspecified atom stereocenters. The number of hydrazine groups is 1. The van der Waals surface area contributed by atoms with E-state index in [-0.39, 0.29) is 23.8 Å². The summed E-state index contributed by atoms with van der Waals surface area (Å²) in [6.07, 6.45) is 0. The number of nitrogens with one attached hydrogen (secondary N) is 3. The van der Waals surface area contributed by atoms with Gasteiger partial charge in [-0.05, 0) is 36.0 Å². The molecule has 0 atom stereocenters. The minimum atomic E-state index is -3.60. The molecule has 1 aromatic rings. The van der Waals surface area contributed by atoms with E-state index < -0.39 is 10.0 Å². The van der Waals surface area contributed by atoms with Crippen molar-refractivity contribution < 1.29 is 22.9 Å². The van der Waals surface area contributed by atoms with Crippen molar-refractivity contribution in [1.29, 1.82) is 0 Å². The van der Waals surface area contributed by atoms with Crippen molar-refractivity contribution in [2.75, 3.05) is 32.7 Å². The summed E-state index contributed by atoms with van der Waals surface area (Å²) in [6, 6.07) is 3.93. The van der Waals surface area contributed by atoms with Gasteiger partial charge in [-0.3, -0.25) is 20.4 Å². The predicted molar refractivity (Wildman–Crippen MR) is 111 cm³/mol. The van der Waals surface area contributed by atoms with Crippen molar-refractivity contribution in [2.45, 2.75) is 51.9 Å². The summed E-state index contributed by atoms with van der Waals surface area (Å²) in [4.78, 5) is 24.1. The second-order valence-electron chi connectivity index (χ2n) is 8.75. The first-order valence-corrected chi connectivity index (χ1v) is 11.3. The molecule has 1 heterocycles. The van der Waals surface area contributed by atoms with Crippen LogP contribution >= 0.6 is 0 Å². The van der Waals surface area contributed by atoms with Gasteiger partial charge in [-0.15, -0.1) is 0 Å². The third-order valence-electron chi connectivity index (χ3n) is 5.14. The summed E-state index contributed by atoms with van der Waals surface area (Å²) in [7, 11) is -3.60. The topological polar surface area (TPSA) is 100 Å². The standard InChI is InChI=1S/C20H32N4O4S/c1-14-11-17(20(4,5)6)12-15(2)19(14)29(27,28)24-9-7-23(8-10-24)13-18(26)22-21-16(3)25/h11-12H,7-10,13H2,1-6H3,(H,21,25)(H,22,26)/p+1. The zero-order valence-electron chi connectivity index (χ0n) is 18.2. The number of hydrogen-bond donors (Lipinski definition) is 3. The maximum absolute atomic E-state index is 13.3. The zero-order valence-corrected chi connectivity index (χ0v) is 19.0. The average molecular weight is 426 g/mol. The zero-order chi connectivity index (χ0) is 22.0. The maximum atomic E-state index is 13.3. The van der Waals surface area contributed by atoms with Crippen LogP contribution in [0.5, 0.6) is 0 Å². The molecule has 1 aliphatic rings. The summed E-state index contributed by atoms with van der Waals surface area (Å²) in [6.45, 7) is 13.3. The molecule has 0 radical (unpaired) electrons. The van der Waals surface area contributed by atoms with Crippen molar-refractivity contribution in [3.05, 3.63) is 28.8 Å². The molecular formula is C20H33N4O4S+. The van der Waals surface area contributed by atoms with Gasteiger partial charge in [-0.25, -0.2) is 8.42 Å². The van der Waals surface area contributed by atoms with Crippen LogP contribution in [0.3, 0.4) is 0 Å². The highest BCUT2D eigenvalue weighted by molar-refractivity contribution is 7.89. The quantitative estimate of drug-likeness (QED) is 0.575. The van der Waals surface area contributed by atoms with E-state index in [0.717, 1.165) is 21.6 Å². The highest BCUT2D eigenvalue weighted by atomic mass is 32.2. The van der Waals surface area contributed by atoms with E-state index >= 15 is 0 Å². The number of aryl methyl sites for hydroxylation is 2. The number of carbonyl (C=O) groups is 2. The fraction of sp³-hybridized carbons (Fsp3) is 0.600. The van der Waals surface area contributed by atoms with Gasteiger partial charge >= 0.3 is 0 Å². The van der Waals surface area contributed by atoms with Crippen LogP contribution in [0.4, 0.5) is 0 Å². The molecule has 0 aromatic heterocycles. The third kappa shape index (κ3) is 5.77. The van der Waals surface area contributed by atoms with Crippen LogP contribution in [-0.2, 0) is 25.0 Å². The molecule has 0 saturated carbocycles. The van der Waals surface area contributed by atoms with E-state index in [1.54, 1.807) is 0 Å². The van der Waals surface area contributed by atoms with Gasteiger partial charge in [0.1, 0.15) is 0 Å². The number of piperazine rings is 1. The highest BCUT2D eigenvalue weighted by Gasteiger charge is 2.33. The van der Waals surface area contributed by atoms with Crippen LogP contribution in [0.25, 0.3) is 0 Å². The smallest absolute Gasteiger partial charge is 0.293 e. The first kappa shape index (κ1) is 23.3. The lowest BCUT2D eigenvalue weighted by atomic mass is 9.85. The van der Waals surface area contributed by atoms with E-state index in [0.29, 0.717) is 31.1 Å². The van der Waals surface area contributed by atoms with Crippen molar-refractivity contribution in [3.8, 4) is 0 Å². The SMILES string of the molecule is CC(=O)NNC(=O)C[NH+]1CCN(S(=O)(=O)c2c(C)cc(C(C)(C)C)cc2C)CC1. The van der Waals surface area contributed by atoms with Crippen LogP contribution in [0.15, 0.2) is 17.0 Å². The molecule has 1 fully saturated rings. The summed E-state index contributed by atoms with van der Waals surface area (Å²) in [5.74, 6) is -0.636. The molecule has 0 aliphatic carbocycles. The Labute approximate surface area is 173 Å². The van der Waals surface area contributed by atoms with Crippen LogP contribution in [0, 0.1) is 13.8 Å². The number of hydrogen-bond acceptors (Lipinski definition) is 4. The summed E-state index contributed by atoms with van der Waals surface area (Å²) < 4.78 is 28.1. The number of rotatable bonds is 4. The van der Waals surface area contributed by atoms with Crippen molar-refractivity contribution in [1.82, 2.24) is 15.2 Å². The summed E-state index contributed by atoms with van der Waals surface area (Å²) >= 11 is 0. The van der Waals surface area contributed by atoms with Gasteiger partial charge in [0.05, 0.1) is 31.1 Å². The van der Waals surface area contributed by atoms with Crippen molar-refractivity contribution >= 4 is 21.8 Å². The first-order chi connectivity index (χ1) is 13.3. The van der Waals surface area contributed by atoms with Crippen LogP contribution in [0.1, 0.15) is 44.4 Å². The number of nitrogens with zero attached hydrogens (tertiary/aromatic N) is 1. The Hall–Kier alpha value is -1.97. The van der Waals surface area contributed by atoms with E-state index in [1.165, 1.54) is 11.2 Å². The first-order valence-electron chi connectivity index (χ1n) is 9.83. The van der Waals surface area contributed by atoms with Gasteiger partial charge in [0.15, 0.2) is 6.54 Å². The molecule has 162 valence electrons. The molecule has 29 heavy (non-hydrogen) atoms. The Morgan fingerprint density at radius 1 is 1.07 bits per heavy atom. The number of quaternary nitrogens is 1. The molecule has 0 spiro atoms. The van der Waals surface area contributed by atoms with E-state index in [9.17, 15) is 18.0 Å². The lowest BCUT2D eigenvalue weighted by Crippen LogP contribution is -3.16. The highest BCUT2D eigenvalue weighted by Crippen LogP contribution is 2.30. The van der Waals surface area contributed by atoms with Crippen LogP contribution < -0.4 is 15.8 Å². The largest absolute Gasteiger partial charge is 0.325 e. The molecule has 2 rings (SSSR count). The second kappa shape index (κ2) is 8.81. The molecule has 0 bridgehead atoms. The molecule has 1 aliphatic heterocycles. The van der Waals surface area contributed by atoms with Crippen LogP contribution in [-0.4, -0.2) is 57.3 Å². The Morgan fingerprint density at radius 2 is 1.59 bits per heavy atom. The lowest BCUT2D eigenvalue weighted by Gasteiger charge is -2.32. The van der Waals surface area contributed by atoms with Crippen molar-refractivity contribution in [3.63, 3.8) is 0 Å². The van der Waals surface area contributed by atoms with Crippen LogP contribution in [0.2, 0.25) is 0 Å². The Morgan fingerprint density at radius 3 is 2.03 bits per heavy atom. The maximum Gasteiger partial charge on any atom is 0.293 e. The number of benzene rings is 1. The Bertz CT molecular complexity index is 859. The Balaban J connectivity index is 2.09. The minimum absolute atomic E-state index is 0.0510. The lowest BCUT2D eigenvalue weighted by molar-refractivity contribution is -0.895. The number of amides is 2. The van der Waals surface area contributed by atoms with Gasteiger partial charge in [0.2, 0.25) is 15.9 Å². The second-order valence-corrected chi connectivity index (χ2v) is 10.6. The summed E-state index contributed by atoms with van der Waals surface area (Å²) in [5.41, 5.74) is 7.19. The Kier molecular flexibility index (Phi) is 7.08. The van der Waals surface area contributed by atoms with Gasteiger partial charge < -0.3 is 4.90 Å². The molecule has 9 heteroatoms. The molecule has 8 nitrogen and oxygen atoms in total. The molecule has 2 amide bonds. The van der Waals surface area contributed by atoms with E-state index in [4.69, 9.17) is 0 Å². The summed E-state index contributed by atoms with van der Waals surface area (Å²) in [5, 5.41) is 0. The molecule has 1 saturated heterocycles. The van der Waals surface area contributed by atoms with E-state index in [2.05, 4.69) is 31.6 Å². The normalized spacial score (nSPS) is 16.5. The average Bonchev–Trinajstić information content (AvgIpc) is 2.59. The molecule has 3 N–H and O–H groups in total. The van der Waals surface area contributed by atoms with Gasteiger partial charge in [0.25, 0.3) is 5.91 Å². The third-order valence-corrected chi connectivity index (χ3v) is 7.35. The predicted octanol–water partition coefficient (Wildman–Crippen LogP) is -0.343. The number of carbonyl (C=O) groups excluding carboxylic acids is 2. The van der Waals surface area contributed by atoms with Crippen molar-refractivity contribution in [2.24, 2.45) is 0 Å².